The molecule has 0 bridgehead atoms. The van der Waals surface area contributed by atoms with Crippen molar-refractivity contribution in [2.45, 2.75) is 0 Å². The quantitative estimate of drug-likeness (QED) is 0.429. The van der Waals surface area contributed by atoms with E-state index in [0.717, 1.165) is 0 Å². The van der Waals surface area contributed by atoms with Crippen LogP contribution in [0.5, 0.6) is 0 Å². The number of nitrogens with two attached hydrogens (primary N) is 1. The van der Waals surface area contributed by atoms with Gasteiger partial charge in [-0.3, -0.25) is 5.10 Å². The minimum Gasteiger partial charge on any atom is -0.444 e. The Morgan fingerprint density at radius 2 is 2.29 bits per heavy atom. The molecule has 0 saturated carbocycles. The average Bonchev–Trinajstić information content (AvgIpc) is 1.86. The SMILES string of the molecule is N[c-]1ncnn1.[Ag+]. The van der Waals surface area contributed by atoms with Crippen molar-refractivity contribution >= 4 is 5.95 Å². The van der Waals surface area contributed by atoms with E-state index in [2.05, 4.69) is 15.2 Å². The first-order chi connectivity index (χ1) is 2.89. The maximum Gasteiger partial charge on any atom is 1.00 e. The van der Waals surface area contributed by atoms with Crippen molar-refractivity contribution in [3.63, 3.8) is 0 Å². The number of rotatable bonds is 0. The fourth-order valence-electron chi connectivity index (χ4n) is 0.196. The Labute approximate surface area is 56.0 Å². The summed E-state index contributed by atoms with van der Waals surface area (Å²) in [4.78, 5) is 3.47. The van der Waals surface area contributed by atoms with Gasteiger partial charge in [-0.15, -0.1) is 0 Å². The summed E-state index contributed by atoms with van der Waals surface area (Å²) in [5.74, 6) is 0.231. The fourth-order valence-corrected chi connectivity index (χ4v) is 0.196. The van der Waals surface area contributed by atoms with Gasteiger partial charge in [-0.2, -0.15) is 0 Å². The number of anilines is 1. The van der Waals surface area contributed by atoms with Gasteiger partial charge in [-0.1, -0.05) is 0 Å². The summed E-state index contributed by atoms with van der Waals surface area (Å²) in [6, 6.07) is 0. The molecule has 1 aromatic heterocycles. The molecule has 1 heterocycles. The summed E-state index contributed by atoms with van der Waals surface area (Å²) in [5.41, 5.74) is 4.99. The first-order valence-corrected chi connectivity index (χ1v) is 1.45. The molecule has 0 saturated heterocycles. The van der Waals surface area contributed by atoms with Crippen LogP contribution in [0.15, 0.2) is 6.33 Å². The Morgan fingerprint density at radius 3 is 2.43 bits per heavy atom. The molecule has 1 rings (SSSR count). The molecule has 0 fully saturated rings. The zero-order valence-electron chi connectivity index (χ0n) is 3.30. The summed E-state index contributed by atoms with van der Waals surface area (Å²) in [6.07, 6.45) is 1.30. The van der Waals surface area contributed by atoms with E-state index in [1.165, 1.54) is 6.33 Å². The molecule has 5 heteroatoms. The van der Waals surface area contributed by atoms with Crippen LogP contribution in [0, 0.1) is 0 Å². The Kier molecular flexibility index (Phi) is 2.66. The van der Waals surface area contributed by atoms with Crippen LogP contribution in [0.4, 0.5) is 5.95 Å². The topological polar surface area (TPSA) is 64.7 Å². The number of hydrogen-bond acceptors (Lipinski definition) is 4. The van der Waals surface area contributed by atoms with Gasteiger partial charge < -0.3 is 10.7 Å². The third-order valence-corrected chi connectivity index (χ3v) is 0.402. The van der Waals surface area contributed by atoms with Crippen LogP contribution in [0.3, 0.4) is 0 Å². The van der Waals surface area contributed by atoms with Gasteiger partial charge in [-0.05, 0) is 6.33 Å². The van der Waals surface area contributed by atoms with Crippen molar-refractivity contribution in [3.8, 4) is 0 Å². The van der Waals surface area contributed by atoms with Crippen LogP contribution in [0.2, 0.25) is 0 Å². The molecular weight excluding hydrogens is 188 g/mol. The second-order valence-electron chi connectivity index (χ2n) is 0.818. The van der Waals surface area contributed by atoms with Gasteiger partial charge in [0.2, 0.25) is 0 Å². The number of hydrogen-bond donors (Lipinski definition) is 1. The number of nitrogens with zero attached hydrogens (tertiary/aromatic N) is 3. The maximum atomic E-state index is 4.99. The van der Waals surface area contributed by atoms with Crippen molar-refractivity contribution in [2.24, 2.45) is 0 Å². The van der Waals surface area contributed by atoms with Crippen LogP contribution in [0.25, 0.3) is 0 Å². The Morgan fingerprint density at radius 1 is 1.57 bits per heavy atom. The van der Waals surface area contributed by atoms with Crippen molar-refractivity contribution in [3.05, 3.63) is 6.33 Å². The molecule has 7 heavy (non-hydrogen) atoms. The largest absolute Gasteiger partial charge is 1.00 e. The van der Waals surface area contributed by atoms with Crippen LogP contribution in [0.1, 0.15) is 0 Å². The smallest absolute Gasteiger partial charge is 0.444 e. The molecule has 0 aromatic carbocycles. The fraction of sp³-hybridized carbons (Fsp3) is 0. The molecule has 1 aromatic rings. The standard InChI is InChI=1S/C2H3N4.Ag/c3-2-4-1-5-6-2;/h1H,3H2;/q-1;+1. The summed E-state index contributed by atoms with van der Waals surface area (Å²) in [7, 11) is 0. The molecule has 0 aliphatic heterocycles. The van der Waals surface area contributed by atoms with E-state index in [4.69, 9.17) is 5.73 Å². The van der Waals surface area contributed by atoms with Gasteiger partial charge >= 0.3 is 22.4 Å². The Balaban J connectivity index is 0.000000360. The van der Waals surface area contributed by atoms with E-state index < -0.39 is 0 Å². The molecule has 42 valence electrons. The van der Waals surface area contributed by atoms with E-state index in [0.29, 0.717) is 0 Å². The molecule has 0 radical (unpaired) electrons. The van der Waals surface area contributed by atoms with E-state index in [1.807, 2.05) is 0 Å². The Bertz CT molecular complexity index is 113. The third kappa shape index (κ3) is 1.72. The van der Waals surface area contributed by atoms with E-state index in [1.54, 1.807) is 0 Å². The van der Waals surface area contributed by atoms with Crippen LogP contribution < -0.4 is 5.73 Å². The normalized spacial score (nSPS) is 7.43. The van der Waals surface area contributed by atoms with Gasteiger partial charge in [-0.25, -0.2) is 5.10 Å². The second-order valence-corrected chi connectivity index (χ2v) is 0.818. The molecule has 0 aliphatic carbocycles. The summed E-state index contributed by atoms with van der Waals surface area (Å²) in [6.45, 7) is 0. The molecular formula is C2H3AgN4. The van der Waals surface area contributed by atoms with Gasteiger partial charge in [0.15, 0.2) is 0 Å². The molecule has 4 nitrogen and oxygen atoms in total. The summed E-state index contributed by atoms with van der Waals surface area (Å²) in [5, 5.41) is 6.67. The van der Waals surface area contributed by atoms with E-state index in [-0.39, 0.29) is 28.3 Å². The second kappa shape index (κ2) is 2.79. The van der Waals surface area contributed by atoms with Crippen molar-refractivity contribution in [1.82, 2.24) is 15.2 Å². The summed E-state index contributed by atoms with van der Waals surface area (Å²) < 4.78 is 0. The van der Waals surface area contributed by atoms with Gasteiger partial charge in [0.1, 0.15) is 0 Å². The average molecular weight is 191 g/mol. The number of nitrogen functional groups attached to an aromatic ring is 1. The molecule has 2 N–H and O–H groups in total. The first-order valence-electron chi connectivity index (χ1n) is 1.45. The number of aromatic nitrogens is 3. The van der Waals surface area contributed by atoms with Crippen molar-refractivity contribution in [1.29, 1.82) is 0 Å². The van der Waals surface area contributed by atoms with Gasteiger partial charge in [0.25, 0.3) is 0 Å². The predicted molar refractivity (Wildman–Crippen MR) is 19.8 cm³/mol. The van der Waals surface area contributed by atoms with E-state index in [9.17, 15) is 0 Å². The third-order valence-electron chi connectivity index (χ3n) is 0.402. The zero-order chi connectivity index (χ0) is 4.41. The minimum absolute atomic E-state index is 0. The van der Waals surface area contributed by atoms with Gasteiger partial charge in [0, 0.05) is 0 Å². The predicted octanol–water partition coefficient (Wildman–Crippen LogP) is -0.830. The Hall–Kier alpha value is -0.320. The minimum atomic E-state index is 0. The molecule has 0 aliphatic rings. The van der Waals surface area contributed by atoms with Crippen molar-refractivity contribution in [2.75, 3.05) is 5.73 Å². The molecule has 0 atom stereocenters. The molecule has 0 spiro atoms. The van der Waals surface area contributed by atoms with Crippen LogP contribution in [-0.2, 0) is 22.4 Å². The maximum absolute atomic E-state index is 4.99. The monoisotopic (exact) mass is 190 g/mol. The van der Waals surface area contributed by atoms with E-state index >= 15 is 0 Å². The van der Waals surface area contributed by atoms with Crippen molar-refractivity contribution < 1.29 is 22.4 Å². The van der Waals surface area contributed by atoms with Gasteiger partial charge in [0.05, 0.1) is 5.95 Å². The zero-order valence-corrected chi connectivity index (χ0v) is 4.78. The van der Waals surface area contributed by atoms with Crippen LogP contribution >= 0.6 is 0 Å². The molecule has 0 amide bonds. The summed E-state index contributed by atoms with van der Waals surface area (Å²) >= 11 is 0. The molecule has 0 unspecified atom stereocenters. The first kappa shape index (κ1) is 6.68. The van der Waals surface area contributed by atoms with Crippen LogP contribution in [-0.4, -0.2) is 15.2 Å².